The zero-order valence-corrected chi connectivity index (χ0v) is 21.0. The highest BCUT2D eigenvalue weighted by Gasteiger charge is 2.30. The molecule has 0 aromatic heterocycles. The van der Waals surface area contributed by atoms with Crippen LogP contribution in [-0.2, 0) is 14.3 Å². The molecule has 0 spiro atoms. The van der Waals surface area contributed by atoms with Gasteiger partial charge >= 0.3 is 12.1 Å². The number of carboxylic acid groups (broad SMARTS) is 1. The molecule has 3 rings (SSSR count). The largest absolute Gasteiger partial charge is 0.481 e. The fourth-order valence-corrected chi connectivity index (χ4v) is 4.44. The lowest BCUT2D eigenvalue weighted by Gasteiger charge is -2.25. The summed E-state index contributed by atoms with van der Waals surface area (Å²) in [6.45, 7) is 8.17. The number of fused-ring (bicyclic) bond motifs is 3. The minimum Gasteiger partial charge on any atom is -0.481 e. The zero-order valence-electron chi connectivity index (χ0n) is 21.0. The number of aliphatic carboxylic acids is 1. The number of benzene rings is 2. The van der Waals surface area contributed by atoms with E-state index in [4.69, 9.17) is 9.84 Å². The van der Waals surface area contributed by atoms with Crippen LogP contribution in [0.25, 0.3) is 11.1 Å². The third kappa shape index (κ3) is 7.07. The third-order valence-electron chi connectivity index (χ3n) is 6.40. The number of nitrogens with one attached hydrogen (secondary N) is 2. The molecule has 0 bridgehead atoms. The Labute approximate surface area is 207 Å². The Morgan fingerprint density at radius 3 is 2.06 bits per heavy atom. The normalized spacial score (nSPS) is 14.4. The van der Waals surface area contributed by atoms with E-state index in [-0.39, 0.29) is 24.4 Å². The molecule has 35 heavy (non-hydrogen) atoms. The van der Waals surface area contributed by atoms with Crippen LogP contribution in [0.5, 0.6) is 0 Å². The first-order valence-corrected chi connectivity index (χ1v) is 12.2. The van der Waals surface area contributed by atoms with Crippen LogP contribution in [0.1, 0.15) is 70.4 Å². The van der Waals surface area contributed by atoms with Crippen molar-refractivity contribution >= 4 is 18.0 Å². The molecule has 0 fully saturated rings. The minimum absolute atomic E-state index is 0.0351. The van der Waals surface area contributed by atoms with Crippen molar-refractivity contribution in [1.29, 1.82) is 0 Å². The van der Waals surface area contributed by atoms with Gasteiger partial charge in [-0.2, -0.15) is 0 Å². The van der Waals surface area contributed by atoms with E-state index in [0.717, 1.165) is 22.3 Å². The molecule has 0 saturated heterocycles. The highest BCUT2D eigenvalue weighted by Crippen LogP contribution is 2.44. The van der Waals surface area contributed by atoms with Gasteiger partial charge in [-0.3, -0.25) is 9.59 Å². The summed E-state index contributed by atoms with van der Waals surface area (Å²) in [5.41, 5.74) is 4.48. The number of alkyl carbamates (subject to hydrolysis) is 1. The van der Waals surface area contributed by atoms with Crippen LogP contribution < -0.4 is 10.6 Å². The Morgan fingerprint density at radius 1 is 0.971 bits per heavy atom. The van der Waals surface area contributed by atoms with Crippen LogP contribution in [0, 0.1) is 5.41 Å². The van der Waals surface area contributed by atoms with Crippen LogP contribution >= 0.6 is 0 Å². The molecule has 3 N–H and O–H groups in total. The van der Waals surface area contributed by atoms with Gasteiger partial charge in [-0.05, 0) is 46.9 Å². The van der Waals surface area contributed by atoms with Crippen molar-refractivity contribution in [3.05, 3.63) is 59.7 Å². The molecule has 7 heteroatoms. The second-order valence-electron chi connectivity index (χ2n) is 10.3. The molecule has 1 aliphatic carbocycles. The van der Waals surface area contributed by atoms with Crippen LogP contribution in [-0.4, -0.2) is 41.8 Å². The molecule has 7 nitrogen and oxygen atoms in total. The molecule has 2 aromatic carbocycles. The average molecular weight is 481 g/mol. The highest BCUT2D eigenvalue weighted by molar-refractivity contribution is 5.86. The maximum Gasteiger partial charge on any atom is 0.407 e. The lowest BCUT2D eigenvalue weighted by Crippen LogP contribution is -2.50. The van der Waals surface area contributed by atoms with Gasteiger partial charge in [0.1, 0.15) is 12.6 Å². The minimum atomic E-state index is -0.979. The summed E-state index contributed by atoms with van der Waals surface area (Å²) in [5, 5.41) is 14.6. The molecule has 188 valence electrons. The van der Waals surface area contributed by atoms with Crippen LogP contribution in [0.3, 0.4) is 0 Å². The predicted molar refractivity (Wildman–Crippen MR) is 135 cm³/mol. The van der Waals surface area contributed by atoms with Gasteiger partial charge in [-0.25, -0.2) is 4.79 Å². The Bertz CT molecular complexity index is 1010. The zero-order chi connectivity index (χ0) is 25.6. The SMILES string of the molecule is CCC(CC(=O)O)NC(=O)C(CCC(C)(C)C)NC(=O)OCC1c2ccccc2-c2ccccc21. The van der Waals surface area contributed by atoms with Crippen molar-refractivity contribution in [1.82, 2.24) is 10.6 Å². The van der Waals surface area contributed by atoms with Gasteiger partial charge in [0.25, 0.3) is 0 Å². The first-order chi connectivity index (χ1) is 16.6. The number of hydrogen-bond donors (Lipinski definition) is 3. The van der Waals surface area contributed by atoms with E-state index in [1.807, 2.05) is 43.3 Å². The maximum absolute atomic E-state index is 13.0. The topological polar surface area (TPSA) is 105 Å². The monoisotopic (exact) mass is 480 g/mol. The van der Waals surface area contributed by atoms with Gasteiger partial charge in [0, 0.05) is 12.0 Å². The van der Waals surface area contributed by atoms with Gasteiger partial charge in [-0.15, -0.1) is 0 Å². The lowest BCUT2D eigenvalue weighted by molar-refractivity contribution is -0.137. The predicted octanol–water partition coefficient (Wildman–Crippen LogP) is 5.09. The lowest BCUT2D eigenvalue weighted by atomic mass is 9.88. The highest BCUT2D eigenvalue weighted by atomic mass is 16.5. The fraction of sp³-hybridized carbons (Fsp3) is 0.464. The van der Waals surface area contributed by atoms with E-state index in [1.54, 1.807) is 0 Å². The van der Waals surface area contributed by atoms with E-state index in [0.29, 0.717) is 19.3 Å². The molecular formula is C28H36N2O5. The number of rotatable bonds is 10. The van der Waals surface area contributed by atoms with E-state index in [9.17, 15) is 14.4 Å². The van der Waals surface area contributed by atoms with E-state index >= 15 is 0 Å². The molecule has 0 saturated carbocycles. The Kier molecular flexibility index (Phi) is 8.54. The number of carbonyl (C=O) groups excluding carboxylic acids is 2. The first-order valence-electron chi connectivity index (χ1n) is 12.2. The Morgan fingerprint density at radius 2 is 1.54 bits per heavy atom. The third-order valence-corrected chi connectivity index (χ3v) is 6.40. The Hall–Kier alpha value is -3.35. The van der Waals surface area contributed by atoms with E-state index in [2.05, 4.69) is 43.5 Å². The number of ether oxygens (including phenoxy) is 1. The van der Waals surface area contributed by atoms with Gasteiger partial charge in [0.05, 0.1) is 6.42 Å². The second-order valence-corrected chi connectivity index (χ2v) is 10.3. The molecule has 2 atom stereocenters. The summed E-state index contributed by atoms with van der Waals surface area (Å²) in [6, 6.07) is 14.9. The second kappa shape index (κ2) is 11.4. The van der Waals surface area contributed by atoms with E-state index in [1.165, 1.54) is 0 Å². The summed E-state index contributed by atoms with van der Waals surface area (Å²) < 4.78 is 5.62. The molecule has 2 unspecified atom stereocenters. The molecule has 0 radical (unpaired) electrons. The number of hydrogen-bond acceptors (Lipinski definition) is 4. The molecule has 2 amide bonds. The number of carbonyl (C=O) groups is 3. The maximum atomic E-state index is 13.0. The first kappa shape index (κ1) is 26.3. The molecule has 1 aliphatic rings. The summed E-state index contributed by atoms with van der Waals surface area (Å²) in [4.78, 5) is 36.8. The van der Waals surface area contributed by atoms with Gasteiger partial charge in [0.2, 0.25) is 5.91 Å². The quantitative estimate of drug-likeness (QED) is 0.439. The van der Waals surface area contributed by atoms with Crippen molar-refractivity contribution in [2.24, 2.45) is 5.41 Å². The smallest absolute Gasteiger partial charge is 0.407 e. The molecule has 0 aliphatic heterocycles. The fourth-order valence-electron chi connectivity index (χ4n) is 4.44. The number of amides is 2. The molecular weight excluding hydrogens is 444 g/mol. The van der Waals surface area contributed by atoms with Crippen LogP contribution in [0.2, 0.25) is 0 Å². The molecule has 2 aromatic rings. The summed E-state index contributed by atoms with van der Waals surface area (Å²) in [5.74, 6) is -1.45. The van der Waals surface area contributed by atoms with Crippen LogP contribution in [0.4, 0.5) is 4.79 Å². The average Bonchev–Trinajstić information content (AvgIpc) is 3.12. The summed E-state index contributed by atoms with van der Waals surface area (Å²) in [7, 11) is 0. The summed E-state index contributed by atoms with van der Waals surface area (Å²) >= 11 is 0. The van der Waals surface area contributed by atoms with Gasteiger partial charge in [-0.1, -0.05) is 76.2 Å². The molecule has 0 heterocycles. The summed E-state index contributed by atoms with van der Waals surface area (Å²) in [6.07, 6.45) is 0.772. The van der Waals surface area contributed by atoms with E-state index < -0.39 is 30.1 Å². The Balaban J connectivity index is 1.67. The van der Waals surface area contributed by atoms with Gasteiger partial charge < -0.3 is 20.5 Å². The van der Waals surface area contributed by atoms with Crippen LogP contribution in [0.15, 0.2) is 48.5 Å². The standard InChI is InChI=1S/C28H36N2O5/c1-5-18(16-25(31)32)29-26(33)24(14-15-28(2,3)4)30-27(34)35-17-23-21-12-8-6-10-19(21)20-11-7-9-13-22(20)23/h6-13,18,23-24H,5,14-17H2,1-4H3,(H,29,33)(H,30,34)(H,31,32). The van der Waals surface area contributed by atoms with Crippen molar-refractivity contribution in [3.8, 4) is 11.1 Å². The van der Waals surface area contributed by atoms with Gasteiger partial charge in [0.15, 0.2) is 0 Å². The van der Waals surface area contributed by atoms with Crippen molar-refractivity contribution in [2.45, 2.75) is 71.4 Å². The number of carboxylic acids is 1. The van der Waals surface area contributed by atoms with Crippen molar-refractivity contribution < 1.29 is 24.2 Å². The van der Waals surface area contributed by atoms with Crippen molar-refractivity contribution in [3.63, 3.8) is 0 Å². The van der Waals surface area contributed by atoms with Crippen molar-refractivity contribution in [2.75, 3.05) is 6.61 Å².